The zero-order valence-electron chi connectivity index (χ0n) is 18.9. The van der Waals surface area contributed by atoms with Gasteiger partial charge in [-0.25, -0.2) is 0 Å². The predicted molar refractivity (Wildman–Crippen MR) is 134 cm³/mol. The van der Waals surface area contributed by atoms with Gasteiger partial charge in [-0.05, 0) is 61.0 Å². The molecule has 0 bridgehead atoms. The smallest absolute Gasteiger partial charge is 0.261 e. The quantitative estimate of drug-likeness (QED) is 0.436. The Balaban J connectivity index is 0.000000588. The van der Waals surface area contributed by atoms with Crippen molar-refractivity contribution in [2.75, 3.05) is 50.5 Å². The Morgan fingerprint density at radius 2 is 1.79 bits per heavy atom. The van der Waals surface area contributed by atoms with Gasteiger partial charge in [-0.2, -0.15) is 8.42 Å². The van der Waals surface area contributed by atoms with E-state index in [1.165, 1.54) is 0 Å². The van der Waals surface area contributed by atoms with Gasteiger partial charge in [0.25, 0.3) is 16.0 Å². The first-order chi connectivity index (χ1) is 16.1. The molecule has 4 rings (SSSR count). The molecular weight excluding hydrogens is 480 g/mol. The molecule has 11 heteroatoms. The monoisotopic (exact) mass is 508 g/mol. The number of amides is 1. The number of nitrogens with two attached hydrogens (primary N) is 1. The highest BCUT2D eigenvalue weighted by Gasteiger charge is 2.21. The Morgan fingerprint density at radius 3 is 2.41 bits per heavy atom. The van der Waals surface area contributed by atoms with E-state index in [9.17, 15) is 13.2 Å². The SMILES string of the molecule is CS(=O)(=O)O.NCCc1c[nH]c2ccc(OCC(=O)N3CCN(c4ccc(Cl)cc4)CC3)cc12. The van der Waals surface area contributed by atoms with Gasteiger partial charge in [0.2, 0.25) is 0 Å². The van der Waals surface area contributed by atoms with Crippen molar-refractivity contribution >= 4 is 44.2 Å². The maximum absolute atomic E-state index is 12.6. The van der Waals surface area contributed by atoms with Gasteiger partial charge < -0.3 is 25.3 Å². The highest BCUT2D eigenvalue weighted by atomic mass is 35.5. The maximum Gasteiger partial charge on any atom is 0.261 e. The summed E-state index contributed by atoms with van der Waals surface area (Å²) in [5.74, 6) is 0.709. The first-order valence-corrected chi connectivity index (χ1v) is 13.0. The molecule has 34 heavy (non-hydrogen) atoms. The second-order valence-electron chi connectivity index (χ2n) is 7.93. The third-order valence-corrected chi connectivity index (χ3v) is 5.59. The lowest BCUT2D eigenvalue weighted by molar-refractivity contribution is -0.133. The Hall–Kier alpha value is -2.79. The molecule has 1 aliphatic heterocycles. The molecule has 0 spiro atoms. The van der Waals surface area contributed by atoms with Crippen LogP contribution in [0, 0.1) is 0 Å². The van der Waals surface area contributed by atoms with Gasteiger partial charge in [-0.1, -0.05) is 11.6 Å². The van der Waals surface area contributed by atoms with Crippen LogP contribution in [0.3, 0.4) is 0 Å². The number of piperazine rings is 1. The Labute approximate surface area is 204 Å². The van der Waals surface area contributed by atoms with Crippen LogP contribution >= 0.6 is 11.6 Å². The summed E-state index contributed by atoms with van der Waals surface area (Å²) in [6, 6.07) is 13.6. The number of aromatic amines is 1. The van der Waals surface area contributed by atoms with E-state index >= 15 is 0 Å². The number of benzene rings is 2. The standard InChI is InChI=1S/C22H25ClN4O2.CH4O3S/c23-17-1-3-18(4-2-17)26-9-11-27(12-10-26)22(28)15-29-19-5-6-21-20(13-19)16(7-8-24)14-25-21;1-5(2,3)4/h1-6,13-14,25H,7-12,15,24H2;1H3,(H,2,3,4). The average Bonchev–Trinajstić information content (AvgIpc) is 3.19. The fraction of sp³-hybridized carbons (Fsp3) is 0.348. The third-order valence-electron chi connectivity index (χ3n) is 5.34. The average molecular weight is 509 g/mol. The summed E-state index contributed by atoms with van der Waals surface area (Å²) in [5, 5.41) is 1.82. The van der Waals surface area contributed by atoms with Crippen molar-refractivity contribution in [3.63, 3.8) is 0 Å². The second kappa shape index (κ2) is 11.6. The van der Waals surface area contributed by atoms with Crippen LogP contribution in [0.1, 0.15) is 5.56 Å². The number of H-pyrrole nitrogens is 1. The summed E-state index contributed by atoms with van der Waals surface area (Å²) in [6.07, 6.45) is 3.50. The Morgan fingerprint density at radius 1 is 1.15 bits per heavy atom. The summed E-state index contributed by atoms with van der Waals surface area (Å²) in [4.78, 5) is 19.9. The lowest BCUT2D eigenvalue weighted by Crippen LogP contribution is -2.50. The first-order valence-electron chi connectivity index (χ1n) is 10.8. The summed E-state index contributed by atoms with van der Waals surface area (Å²) < 4.78 is 31.7. The molecule has 0 aliphatic carbocycles. The molecule has 9 nitrogen and oxygen atoms in total. The van der Waals surface area contributed by atoms with Crippen LogP contribution in [0.25, 0.3) is 10.9 Å². The van der Waals surface area contributed by atoms with E-state index < -0.39 is 10.1 Å². The van der Waals surface area contributed by atoms with E-state index in [0.717, 1.165) is 46.7 Å². The lowest BCUT2D eigenvalue weighted by Gasteiger charge is -2.36. The van der Waals surface area contributed by atoms with Gasteiger partial charge in [-0.3, -0.25) is 9.35 Å². The lowest BCUT2D eigenvalue weighted by atomic mass is 10.1. The van der Waals surface area contributed by atoms with Gasteiger partial charge in [0.05, 0.1) is 6.26 Å². The zero-order valence-corrected chi connectivity index (χ0v) is 20.5. The topological polar surface area (TPSA) is 129 Å². The highest BCUT2D eigenvalue weighted by Crippen LogP contribution is 2.24. The van der Waals surface area contributed by atoms with E-state index in [-0.39, 0.29) is 12.5 Å². The Bertz CT molecular complexity index is 1200. The number of aromatic nitrogens is 1. The van der Waals surface area contributed by atoms with Gasteiger partial charge in [0.15, 0.2) is 6.61 Å². The maximum atomic E-state index is 12.6. The van der Waals surface area contributed by atoms with Crippen LogP contribution < -0.4 is 15.4 Å². The van der Waals surface area contributed by atoms with Crippen LogP contribution in [0.5, 0.6) is 5.75 Å². The fourth-order valence-corrected chi connectivity index (χ4v) is 3.84. The number of hydrogen-bond acceptors (Lipinski definition) is 6. The molecule has 2 heterocycles. The normalized spacial score (nSPS) is 14.0. The molecule has 2 aromatic carbocycles. The number of nitrogens with one attached hydrogen (secondary N) is 1. The third kappa shape index (κ3) is 7.63. The van der Waals surface area contributed by atoms with Gasteiger partial charge >= 0.3 is 0 Å². The minimum Gasteiger partial charge on any atom is -0.484 e. The number of rotatable bonds is 6. The molecule has 1 aromatic heterocycles. The fourth-order valence-electron chi connectivity index (χ4n) is 3.71. The van der Waals surface area contributed by atoms with E-state index in [4.69, 9.17) is 26.6 Å². The number of halogens is 1. The van der Waals surface area contributed by atoms with Crippen molar-refractivity contribution in [1.29, 1.82) is 0 Å². The van der Waals surface area contributed by atoms with Gasteiger partial charge in [0.1, 0.15) is 5.75 Å². The molecule has 3 aromatic rings. The number of nitrogens with zero attached hydrogens (tertiary/aromatic N) is 2. The number of fused-ring (bicyclic) bond motifs is 1. The van der Waals surface area contributed by atoms with Crippen LogP contribution in [-0.2, 0) is 21.3 Å². The van der Waals surface area contributed by atoms with Crippen LogP contribution in [-0.4, -0.2) is 74.3 Å². The Kier molecular flexibility index (Phi) is 8.78. The number of hydrogen-bond donors (Lipinski definition) is 3. The van der Waals surface area contributed by atoms with E-state index in [1.54, 1.807) is 0 Å². The first kappa shape index (κ1) is 25.8. The van der Waals surface area contributed by atoms with Crippen molar-refractivity contribution in [1.82, 2.24) is 9.88 Å². The number of carbonyl (C=O) groups is 1. The summed E-state index contributed by atoms with van der Waals surface area (Å²) in [6.45, 7) is 3.60. The van der Waals surface area contributed by atoms with Crippen molar-refractivity contribution in [2.24, 2.45) is 5.73 Å². The van der Waals surface area contributed by atoms with Crippen molar-refractivity contribution < 1.29 is 22.5 Å². The molecule has 1 saturated heterocycles. The molecule has 4 N–H and O–H groups in total. The van der Waals surface area contributed by atoms with Crippen LogP contribution in [0.4, 0.5) is 5.69 Å². The highest BCUT2D eigenvalue weighted by molar-refractivity contribution is 7.85. The molecule has 0 saturated carbocycles. The van der Waals surface area contributed by atoms with Gasteiger partial charge in [0, 0.05) is 54.0 Å². The minimum atomic E-state index is -3.67. The van der Waals surface area contributed by atoms with Crippen LogP contribution in [0.15, 0.2) is 48.7 Å². The molecule has 184 valence electrons. The predicted octanol–water partition coefficient (Wildman–Crippen LogP) is 2.55. The minimum absolute atomic E-state index is 0.0112. The number of anilines is 1. The molecule has 0 atom stereocenters. The van der Waals surface area contributed by atoms with Crippen LogP contribution in [0.2, 0.25) is 5.02 Å². The van der Waals surface area contributed by atoms with E-state index in [0.29, 0.717) is 31.6 Å². The molecule has 1 fully saturated rings. The summed E-state index contributed by atoms with van der Waals surface area (Å²) in [5.41, 5.74) is 9.02. The molecule has 1 aliphatic rings. The van der Waals surface area contributed by atoms with Crippen molar-refractivity contribution in [3.05, 3.63) is 59.2 Å². The molecule has 1 amide bonds. The van der Waals surface area contributed by atoms with Crippen molar-refractivity contribution in [3.8, 4) is 5.75 Å². The van der Waals surface area contributed by atoms with E-state index in [1.807, 2.05) is 53.6 Å². The molecular formula is C23H29ClN4O5S. The summed E-state index contributed by atoms with van der Waals surface area (Å²) >= 11 is 5.96. The molecule has 0 radical (unpaired) electrons. The second-order valence-corrected chi connectivity index (χ2v) is 9.83. The largest absolute Gasteiger partial charge is 0.484 e. The van der Waals surface area contributed by atoms with Crippen molar-refractivity contribution in [2.45, 2.75) is 6.42 Å². The summed E-state index contributed by atoms with van der Waals surface area (Å²) in [7, 11) is -3.67. The molecule has 0 unspecified atom stereocenters. The van der Waals surface area contributed by atoms with E-state index in [2.05, 4.69) is 9.88 Å². The zero-order chi connectivity index (χ0) is 24.7. The number of ether oxygens (including phenoxy) is 1. The number of carbonyl (C=O) groups excluding carboxylic acids is 1. The van der Waals surface area contributed by atoms with Gasteiger partial charge in [-0.15, -0.1) is 0 Å².